The maximum absolute atomic E-state index is 13.2. The van der Waals surface area contributed by atoms with Gasteiger partial charge in [0.05, 0.1) is 4.88 Å². The molecule has 2 nitrogen and oxygen atoms in total. The largest absolute Gasteiger partial charge is 0.351 e. The van der Waals surface area contributed by atoms with E-state index in [-0.39, 0.29) is 17.1 Å². The second-order valence-corrected chi connectivity index (χ2v) is 7.39. The molecule has 1 aromatic heterocycles. The molecule has 1 N–H and O–H groups in total. The number of amides is 1. The van der Waals surface area contributed by atoms with E-state index in [1.54, 1.807) is 12.1 Å². The number of carbonyl (C=O) groups is 1. The van der Waals surface area contributed by atoms with Crippen molar-refractivity contribution >= 4 is 38.9 Å². The third kappa shape index (κ3) is 4.42. The Hall–Kier alpha value is -1.13. The summed E-state index contributed by atoms with van der Waals surface area (Å²) in [5.41, 5.74) is 0.0212. The van der Waals surface area contributed by atoms with Crippen LogP contribution >= 0.6 is 22.9 Å². The van der Waals surface area contributed by atoms with Crippen molar-refractivity contribution in [1.29, 1.82) is 0 Å². The van der Waals surface area contributed by atoms with Crippen LogP contribution < -0.4 is 5.32 Å². The highest BCUT2D eigenvalue weighted by atomic mass is 35.5. The van der Waals surface area contributed by atoms with Crippen molar-refractivity contribution in [2.45, 2.75) is 26.7 Å². The topological polar surface area (TPSA) is 29.1 Å². The molecule has 0 aliphatic heterocycles. The molecule has 0 bridgehead atoms. The zero-order valence-electron chi connectivity index (χ0n) is 12.2. The molecule has 0 spiro atoms. The summed E-state index contributed by atoms with van der Waals surface area (Å²) in [7, 11) is 0. The lowest BCUT2D eigenvalue weighted by Crippen LogP contribution is -2.33. The normalized spacial score (nSPS) is 11.8. The van der Waals surface area contributed by atoms with Gasteiger partial charge in [0.1, 0.15) is 5.82 Å². The number of thiophene rings is 1. The van der Waals surface area contributed by atoms with Gasteiger partial charge >= 0.3 is 0 Å². The van der Waals surface area contributed by atoms with Crippen LogP contribution in [0, 0.1) is 11.2 Å². The van der Waals surface area contributed by atoms with Gasteiger partial charge in [-0.3, -0.25) is 4.79 Å². The van der Waals surface area contributed by atoms with Crippen LogP contribution in [0.25, 0.3) is 10.1 Å². The average Bonchev–Trinajstić information content (AvgIpc) is 2.85. The van der Waals surface area contributed by atoms with E-state index in [2.05, 4.69) is 19.2 Å². The van der Waals surface area contributed by atoms with Gasteiger partial charge < -0.3 is 5.32 Å². The minimum absolute atomic E-state index is 0.0212. The minimum atomic E-state index is -0.279. The van der Waals surface area contributed by atoms with E-state index in [1.807, 2.05) is 0 Å². The molecule has 1 aromatic carbocycles. The number of nitrogens with one attached hydrogen (secondary N) is 1. The van der Waals surface area contributed by atoms with Gasteiger partial charge in [-0.25, -0.2) is 4.39 Å². The summed E-state index contributed by atoms with van der Waals surface area (Å²) in [4.78, 5) is 12.8. The number of fused-ring (bicyclic) bond motifs is 1. The van der Waals surface area contributed by atoms with Crippen LogP contribution in [0.2, 0.25) is 0 Å². The Morgan fingerprint density at radius 3 is 2.86 bits per heavy atom. The average molecular weight is 328 g/mol. The van der Waals surface area contributed by atoms with Crippen molar-refractivity contribution in [1.82, 2.24) is 5.32 Å². The quantitative estimate of drug-likeness (QED) is 0.757. The summed E-state index contributed by atoms with van der Waals surface area (Å²) < 4.78 is 14.0. The molecule has 21 heavy (non-hydrogen) atoms. The second-order valence-electron chi connectivity index (χ2n) is 5.93. The highest BCUT2D eigenvalue weighted by molar-refractivity contribution is 7.20. The van der Waals surface area contributed by atoms with Gasteiger partial charge in [0.15, 0.2) is 0 Å². The summed E-state index contributed by atoms with van der Waals surface area (Å²) in [6, 6.07) is 6.37. The summed E-state index contributed by atoms with van der Waals surface area (Å²) in [5, 5.41) is 3.85. The lowest BCUT2D eigenvalue weighted by Gasteiger charge is -2.24. The van der Waals surface area contributed by atoms with E-state index < -0.39 is 0 Å². The Kier molecular flexibility index (Phi) is 5.22. The van der Waals surface area contributed by atoms with Crippen molar-refractivity contribution in [3.63, 3.8) is 0 Å². The summed E-state index contributed by atoms with van der Waals surface area (Å²) in [6.07, 6.45) is 1.90. The third-order valence-corrected chi connectivity index (χ3v) is 4.78. The number of alkyl halides is 1. The highest BCUT2D eigenvalue weighted by Gasteiger charge is 2.19. The fourth-order valence-electron chi connectivity index (χ4n) is 2.16. The molecule has 0 unspecified atom stereocenters. The Balaban J connectivity index is 2.02. The summed E-state index contributed by atoms with van der Waals surface area (Å²) in [6.45, 7) is 4.82. The van der Waals surface area contributed by atoms with E-state index in [9.17, 15) is 9.18 Å². The van der Waals surface area contributed by atoms with E-state index in [0.29, 0.717) is 17.3 Å². The first-order chi connectivity index (χ1) is 9.91. The molecule has 2 aromatic rings. The lowest BCUT2D eigenvalue weighted by molar-refractivity contribution is 0.0938. The summed E-state index contributed by atoms with van der Waals surface area (Å²) >= 11 is 7.02. The number of halogens is 2. The molecule has 114 valence electrons. The van der Waals surface area contributed by atoms with Crippen molar-refractivity contribution in [3.05, 3.63) is 35.0 Å². The van der Waals surface area contributed by atoms with Gasteiger partial charge in [-0.15, -0.1) is 22.9 Å². The standard InChI is InChI=1S/C16H19ClFNOS/c1-16(2,6-3-7-17)10-19-15(20)14-8-11-4-5-12(18)9-13(11)21-14/h4-5,8-9H,3,6-7,10H2,1-2H3,(H,19,20). The zero-order chi connectivity index (χ0) is 15.5. The van der Waals surface area contributed by atoms with E-state index in [4.69, 9.17) is 11.6 Å². The first kappa shape index (κ1) is 16.2. The van der Waals surface area contributed by atoms with Gasteiger partial charge in [-0.05, 0) is 41.8 Å². The van der Waals surface area contributed by atoms with Crippen LogP contribution in [-0.2, 0) is 0 Å². The molecule has 1 amide bonds. The molecule has 0 saturated heterocycles. The highest BCUT2D eigenvalue weighted by Crippen LogP contribution is 2.27. The predicted octanol–water partition coefficient (Wildman–Crippen LogP) is 4.82. The van der Waals surface area contributed by atoms with E-state index in [1.165, 1.54) is 23.5 Å². The van der Waals surface area contributed by atoms with E-state index in [0.717, 1.165) is 22.9 Å². The maximum Gasteiger partial charge on any atom is 0.261 e. The molecule has 0 fully saturated rings. The van der Waals surface area contributed by atoms with Crippen LogP contribution in [-0.4, -0.2) is 18.3 Å². The third-order valence-electron chi connectivity index (χ3n) is 3.42. The molecule has 0 saturated carbocycles. The molecule has 1 heterocycles. The molecule has 0 radical (unpaired) electrons. The summed E-state index contributed by atoms with van der Waals surface area (Å²) in [5.74, 6) is 0.258. The fourth-order valence-corrected chi connectivity index (χ4v) is 3.29. The molecule has 0 aliphatic carbocycles. The maximum atomic E-state index is 13.2. The number of carbonyl (C=O) groups excluding carboxylic acids is 1. The monoisotopic (exact) mass is 327 g/mol. The van der Waals surface area contributed by atoms with Crippen LogP contribution in [0.5, 0.6) is 0 Å². The molecule has 0 aliphatic rings. The van der Waals surface area contributed by atoms with Crippen molar-refractivity contribution < 1.29 is 9.18 Å². The van der Waals surface area contributed by atoms with Gasteiger partial charge in [0, 0.05) is 17.1 Å². The number of rotatable bonds is 6. The predicted molar refractivity (Wildman–Crippen MR) is 87.9 cm³/mol. The number of hydrogen-bond acceptors (Lipinski definition) is 2. The van der Waals surface area contributed by atoms with Gasteiger partial charge in [0.25, 0.3) is 5.91 Å². The Bertz CT molecular complexity index is 638. The van der Waals surface area contributed by atoms with Gasteiger partial charge in [-0.1, -0.05) is 19.9 Å². The molecule has 5 heteroatoms. The lowest BCUT2D eigenvalue weighted by atomic mass is 9.88. The zero-order valence-corrected chi connectivity index (χ0v) is 13.8. The van der Waals surface area contributed by atoms with Crippen LogP contribution in [0.15, 0.2) is 24.3 Å². The van der Waals surface area contributed by atoms with Crippen molar-refractivity contribution in [2.24, 2.45) is 5.41 Å². The first-order valence-corrected chi connectivity index (χ1v) is 8.30. The second kappa shape index (κ2) is 6.75. The van der Waals surface area contributed by atoms with Crippen molar-refractivity contribution in [3.8, 4) is 0 Å². The molecular formula is C16H19ClFNOS. The fraction of sp³-hybridized carbons (Fsp3) is 0.438. The number of benzene rings is 1. The Labute approximate surface area is 133 Å². The molecule has 2 rings (SSSR count). The first-order valence-electron chi connectivity index (χ1n) is 6.94. The Morgan fingerprint density at radius 1 is 1.38 bits per heavy atom. The van der Waals surface area contributed by atoms with Crippen molar-refractivity contribution in [2.75, 3.05) is 12.4 Å². The van der Waals surface area contributed by atoms with E-state index >= 15 is 0 Å². The minimum Gasteiger partial charge on any atom is -0.351 e. The molecule has 0 atom stereocenters. The van der Waals surface area contributed by atoms with Crippen LogP contribution in [0.4, 0.5) is 4.39 Å². The SMILES string of the molecule is CC(C)(CCCCl)CNC(=O)c1cc2ccc(F)cc2s1. The Morgan fingerprint density at radius 2 is 2.14 bits per heavy atom. The number of hydrogen-bond donors (Lipinski definition) is 1. The van der Waals surface area contributed by atoms with Gasteiger partial charge in [0.2, 0.25) is 0 Å². The van der Waals surface area contributed by atoms with Crippen LogP contribution in [0.3, 0.4) is 0 Å². The van der Waals surface area contributed by atoms with Gasteiger partial charge in [-0.2, -0.15) is 0 Å². The van der Waals surface area contributed by atoms with Crippen LogP contribution in [0.1, 0.15) is 36.4 Å². The smallest absolute Gasteiger partial charge is 0.261 e. The molecular weight excluding hydrogens is 309 g/mol.